The largest absolute Gasteiger partial charge is 0.453 e. The smallest absolute Gasteiger partial charge is 0.289 e. The van der Waals surface area contributed by atoms with E-state index < -0.39 is 0 Å². The number of nitrogens with zero attached hydrogens (tertiary/aromatic N) is 3. The van der Waals surface area contributed by atoms with Crippen LogP contribution >= 0.6 is 0 Å². The molecule has 1 N–H and O–H groups in total. The first kappa shape index (κ1) is 17.5. The lowest BCUT2D eigenvalue weighted by atomic mass is 9.89. The van der Waals surface area contributed by atoms with E-state index in [1.807, 2.05) is 4.90 Å². The van der Waals surface area contributed by atoms with Gasteiger partial charge in [0.1, 0.15) is 12.4 Å². The van der Waals surface area contributed by atoms with E-state index in [-0.39, 0.29) is 12.5 Å². The van der Waals surface area contributed by atoms with Crippen LogP contribution in [-0.4, -0.2) is 78.1 Å². The molecule has 134 valence electrons. The monoisotopic (exact) mass is 335 g/mol. The van der Waals surface area contributed by atoms with Crippen molar-refractivity contribution in [1.82, 2.24) is 14.7 Å². The number of amides is 1. The number of carbonyl (C=O) groups excluding carboxylic acids is 1. The first-order valence-corrected chi connectivity index (χ1v) is 9.00. The van der Waals surface area contributed by atoms with Gasteiger partial charge in [-0.15, -0.1) is 0 Å². The molecule has 2 fully saturated rings. The van der Waals surface area contributed by atoms with Crippen LogP contribution < -0.4 is 0 Å². The molecule has 0 aromatic carbocycles. The van der Waals surface area contributed by atoms with Crippen LogP contribution in [0.25, 0.3) is 0 Å². The summed E-state index contributed by atoms with van der Waals surface area (Å²) in [5.74, 6) is 1.38. The molecule has 24 heavy (non-hydrogen) atoms. The Morgan fingerprint density at radius 1 is 1.21 bits per heavy atom. The fourth-order valence-corrected chi connectivity index (χ4v) is 3.85. The van der Waals surface area contributed by atoms with Crippen molar-refractivity contribution >= 4 is 5.91 Å². The third-order valence-corrected chi connectivity index (χ3v) is 5.65. The molecule has 0 saturated carbocycles. The zero-order valence-electron chi connectivity index (χ0n) is 14.8. The van der Waals surface area contributed by atoms with Crippen molar-refractivity contribution in [3.05, 3.63) is 23.7 Å². The summed E-state index contributed by atoms with van der Waals surface area (Å²) in [5, 5.41) is 9.05. The minimum absolute atomic E-state index is 0.0552. The zero-order valence-corrected chi connectivity index (χ0v) is 14.8. The van der Waals surface area contributed by atoms with Crippen molar-refractivity contribution in [2.75, 3.05) is 46.3 Å². The minimum Gasteiger partial charge on any atom is -0.453 e. The maximum absolute atomic E-state index is 12.5. The van der Waals surface area contributed by atoms with E-state index in [0.717, 1.165) is 52.1 Å². The number of piperidine rings is 1. The summed E-state index contributed by atoms with van der Waals surface area (Å²) >= 11 is 0. The van der Waals surface area contributed by atoms with Crippen LogP contribution in [0.2, 0.25) is 0 Å². The van der Waals surface area contributed by atoms with Crippen LogP contribution in [0, 0.1) is 5.92 Å². The second kappa shape index (κ2) is 7.68. The van der Waals surface area contributed by atoms with Crippen molar-refractivity contribution < 1.29 is 14.3 Å². The van der Waals surface area contributed by atoms with E-state index >= 15 is 0 Å². The highest BCUT2D eigenvalue weighted by Gasteiger charge is 2.31. The highest BCUT2D eigenvalue weighted by molar-refractivity contribution is 5.91. The molecule has 1 amide bonds. The molecule has 0 radical (unpaired) electrons. The molecule has 2 saturated heterocycles. The van der Waals surface area contributed by atoms with Gasteiger partial charge in [0, 0.05) is 45.3 Å². The summed E-state index contributed by atoms with van der Waals surface area (Å²) in [5.41, 5.74) is 0. The molecule has 1 atom stereocenters. The van der Waals surface area contributed by atoms with Gasteiger partial charge in [0.2, 0.25) is 0 Å². The van der Waals surface area contributed by atoms with Crippen molar-refractivity contribution in [3.63, 3.8) is 0 Å². The van der Waals surface area contributed by atoms with Crippen LogP contribution in [0.15, 0.2) is 16.5 Å². The Balaban J connectivity index is 1.50. The third-order valence-electron chi connectivity index (χ3n) is 5.65. The Labute approximate surface area is 144 Å². The highest BCUT2D eigenvalue weighted by atomic mass is 16.4. The molecular formula is C18H29N3O3. The van der Waals surface area contributed by atoms with Gasteiger partial charge < -0.3 is 19.3 Å². The van der Waals surface area contributed by atoms with Gasteiger partial charge in [0.25, 0.3) is 5.91 Å². The average Bonchev–Trinajstić information content (AvgIpc) is 3.10. The summed E-state index contributed by atoms with van der Waals surface area (Å²) in [4.78, 5) is 19.3. The molecule has 0 aliphatic carbocycles. The fourth-order valence-electron chi connectivity index (χ4n) is 3.85. The molecule has 0 spiro atoms. The maximum atomic E-state index is 12.5. The lowest BCUT2D eigenvalue weighted by Gasteiger charge is -2.42. The predicted molar refractivity (Wildman–Crippen MR) is 91.8 cm³/mol. The Bertz CT molecular complexity index is 543. The standard InChI is InChI=1S/C18H29N3O3/c1-14(20-11-9-19(2)10-12-20)15-5-7-21(8-6-15)18(23)17-4-3-16(13-22)24-17/h3-4,14-15,22H,5-13H2,1-2H3/t14-/m0/s1. The summed E-state index contributed by atoms with van der Waals surface area (Å²) in [6.45, 7) is 8.33. The summed E-state index contributed by atoms with van der Waals surface area (Å²) in [7, 11) is 2.18. The van der Waals surface area contributed by atoms with Gasteiger partial charge in [0.05, 0.1) is 0 Å². The maximum Gasteiger partial charge on any atom is 0.289 e. The number of aliphatic hydroxyl groups excluding tert-OH is 1. The average molecular weight is 335 g/mol. The van der Waals surface area contributed by atoms with Gasteiger partial charge in [0.15, 0.2) is 5.76 Å². The van der Waals surface area contributed by atoms with Crippen LogP contribution in [0.5, 0.6) is 0 Å². The molecule has 2 aliphatic heterocycles. The molecule has 0 unspecified atom stereocenters. The second-order valence-electron chi connectivity index (χ2n) is 7.13. The molecular weight excluding hydrogens is 306 g/mol. The van der Waals surface area contributed by atoms with Gasteiger partial charge in [-0.25, -0.2) is 0 Å². The zero-order chi connectivity index (χ0) is 17.1. The fraction of sp³-hybridized carbons (Fsp3) is 0.722. The van der Waals surface area contributed by atoms with Crippen molar-refractivity contribution in [1.29, 1.82) is 0 Å². The number of carbonyl (C=O) groups is 1. The van der Waals surface area contributed by atoms with Gasteiger partial charge in [-0.05, 0) is 44.9 Å². The van der Waals surface area contributed by atoms with E-state index in [1.165, 1.54) is 0 Å². The van der Waals surface area contributed by atoms with Gasteiger partial charge in [-0.3, -0.25) is 9.69 Å². The van der Waals surface area contributed by atoms with E-state index in [2.05, 4.69) is 23.8 Å². The number of likely N-dealkylation sites (tertiary alicyclic amines) is 1. The minimum atomic E-state index is -0.169. The lowest BCUT2D eigenvalue weighted by molar-refractivity contribution is 0.0479. The normalized spacial score (nSPS) is 22.7. The van der Waals surface area contributed by atoms with Crippen molar-refractivity contribution in [2.24, 2.45) is 5.92 Å². The SMILES string of the molecule is C[C@@H](C1CCN(C(=O)c2ccc(CO)o2)CC1)N1CCN(C)CC1. The van der Waals surface area contributed by atoms with Crippen molar-refractivity contribution in [3.8, 4) is 0 Å². The Hall–Kier alpha value is -1.37. The Morgan fingerprint density at radius 3 is 2.46 bits per heavy atom. The first-order valence-electron chi connectivity index (χ1n) is 9.00. The molecule has 3 heterocycles. The van der Waals surface area contributed by atoms with Crippen LogP contribution in [-0.2, 0) is 6.61 Å². The Kier molecular flexibility index (Phi) is 5.58. The van der Waals surface area contributed by atoms with Gasteiger partial charge in [-0.1, -0.05) is 0 Å². The molecule has 3 rings (SSSR count). The van der Waals surface area contributed by atoms with Crippen LogP contribution in [0.1, 0.15) is 36.1 Å². The molecule has 2 aliphatic rings. The van der Waals surface area contributed by atoms with Crippen LogP contribution in [0.3, 0.4) is 0 Å². The molecule has 0 bridgehead atoms. The lowest BCUT2D eigenvalue weighted by Crippen LogP contribution is -2.52. The number of rotatable bonds is 4. The molecule has 1 aromatic rings. The topological polar surface area (TPSA) is 60.2 Å². The molecule has 1 aromatic heterocycles. The molecule has 6 heteroatoms. The van der Waals surface area contributed by atoms with E-state index in [4.69, 9.17) is 9.52 Å². The van der Waals surface area contributed by atoms with E-state index in [9.17, 15) is 4.79 Å². The van der Waals surface area contributed by atoms with Gasteiger partial charge in [-0.2, -0.15) is 0 Å². The van der Waals surface area contributed by atoms with Crippen molar-refractivity contribution in [2.45, 2.75) is 32.4 Å². The number of hydrogen-bond donors (Lipinski definition) is 1. The van der Waals surface area contributed by atoms with Gasteiger partial charge >= 0.3 is 0 Å². The first-order chi connectivity index (χ1) is 11.6. The number of aliphatic hydroxyl groups is 1. The number of hydrogen-bond acceptors (Lipinski definition) is 5. The second-order valence-corrected chi connectivity index (χ2v) is 7.13. The molecule has 6 nitrogen and oxygen atoms in total. The third kappa shape index (κ3) is 3.82. The van der Waals surface area contributed by atoms with E-state index in [1.54, 1.807) is 12.1 Å². The van der Waals surface area contributed by atoms with Crippen LogP contribution in [0.4, 0.5) is 0 Å². The Morgan fingerprint density at radius 2 is 1.88 bits per heavy atom. The summed E-state index contributed by atoms with van der Waals surface area (Å²) in [6, 6.07) is 3.91. The summed E-state index contributed by atoms with van der Waals surface area (Å²) in [6.07, 6.45) is 2.10. The number of piperazine rings is 1. The number of furan rings is 1. The predicted octanol–water partition coefficient (Wildman–Crippen LogP) is 1.26. The quantitative estimate of drug-likeness (QED) is 0.898. The van der Waals surface area contributed by atoms with E-state index in [0.29, 0.717) is 23.5 Å². The number of likely N-dealkylation sites (N-methyl/N-ethyl adjacent to an activating group) is 1. The highest BCUT2D eigenvalue weighted by Crippen LogP contribution is 2.26. The summed E-state index contributed by atoms with van der Waals surface area (Å²) < 4.78 is 5.37.